The van der Waals surface area contributed by atoms with Crippen molar-refractivity contribution in [2.24, 2.45) is 0 Å². The molecule has 0 aliphatic heterocycles. The molecule has 0 bridgehead atoms. The molecule has 1 aromatic rings. The maximum atomic E-state index is 12.2. The first-order valence-electron chi connectivity index (χ1n) is 8.23. The van der Waals surface area contributed by atoms with Crippen molar-refractivity contribution in [3.63, 3.8) is 0 Å². The van der Waals surface area contributed by atoms with Crippen LogP contribution in [0.15, 0.2) is 82.3 Å². The average Bonchev–Trinajstić information content (AvgIpc) is 2.53. The van der Waals surface area contributed by atoms with Gasteiger partial charge in [0.05, 0.1) is 10.6 Å². The molecule has 1 aromatic carbocycles. The first-order chi connectivity index (χ1) is 11.3. The van der Waals surface area contributed by atoms with Crippen LogP contribution in [0.5, 0.6) is 0 Å². The molecule has 0 heterocycles. The summed E-state index contributed by atoms with van der Waals surface area (Å²) in [5.41, 5.74) is 3.60. The van der Waals surface area contributed by atoms with Crippen LogP contribution < -0.4 is 0 Å². The highest BCUT2D eigenvalue weighted by Crippen LogP contribution is 2.11. The average molecular weight is 345 g/mol. The van der Waals surface area contributed by atoms with Gasteiger partial charge in [0.2, 0.25) is 0 Å². The van der Waals surface area contributed by atoms with Crippen LogP contribution in [0, 0.1) is 0 Å². The molecule has 0 spiro atoms. The van der Waals surface area contributed by atoms with Gasteiger partial charge in [0, 0.05) is 0 Å². The van der Waals surface area contributed by atoms with E-state index in [2.05, 4.69) is 32.9 Å². The highest BCUT2D eigenvalue weighted by molar-refractivity contribution is 7.91. The van der Waals surface area contributed by atoms with Crippen LogP contribution in [0.3, 0.4) is 0 Å². The van der Waals surface area contributed by atoms with E-state index in [4.69, 9.17) is 0 Å². The Hall–Kier alpha value is -1.87. The Morgan fingerprint density at radius 2 is 1.67 bits per heavy atom. The van der Waals surface area contributed by atoms with Crippen LogP contribution in [0.1, 0.15) is 40.5 Å². The highest BCUT2D eigenvalue weighted by Gasteiger charge is 2.11. The van der Waals surface area contributed by atoms with Crippen LogP contribution in [-0.4, -0.2) is 14.2 Å². The molecule has 2 nitrogen and oxygen atoms in total. The molecule has 0 saturated heterocycles. The summed E-state index contributed by atoms with van der Waals surface area (Å²) in [5, 5.41) is 0. The summed E-state index contributed by atoms with van der Waals surface area (Å²) in [6, 6.07) is 8.56. The Kier molecular flexibility index (Phi) is 8.48. The Morgan fingerprint density at radius 3 is 2.29 bits per heavy atom. The summed E-state index contributed by atoms with van der Waals surface area (Å²) in [7, 11) is -3.25. The minimum absolute atomic E-state index is 0.0243. The summed E-state index contributed by atoms with van der Waals surface area (Å²) in [6.07, 6.45) is 12.1. The van der Waals surface area contributed by atoms with E-state index in [0.29, 0.717) is 4.90 Å². The number of allylic oxidation sites excluding steroid dienone is 7. The van der Waals surface area contributed by atoms with Crippen LogP contribution in [-0.2, 0) is 9.84 Å². The Balaban J connectivity index is 2.59. The van der Waals surface area contributed by atoms with Gasteiger partial charge in [0.1, 0.15) is 0 Å². The Morgan fingerprint density at radius 1 is 1.00 bits per heavy atom. The Labute approximate surface area is 147 Å². The quantitative estimate of drug-likeness (QED) is 0.451. The van der Waals surface area contributed by atoms with E-state index in [-0.39, 0.29) is 5.75 Å². The molecule has 0 atom stereocenters. The van der Waals surface area contributed by atoms with Gasteiger partial charge in [-0.15, -0.1) is 0 Å². The van der Waals surface area contributed by atoms with Crippen molar-refractivity contribution in [3.05, 3.63) is 77.4 Å². The molecule has 0 aliphatic rings. The van der Waals surface area contributed by atoms with Crippen molar-refractivity contribution in [1.29, 1.82) is 0 Å². The third-order valence-electron chi connectivity index (χ3n) is 3.56. The predicted molar refractivity (Wildman–Crippen MR) is 104 cm³/mol. The minimum atomic E-state index is -3.25. The number of hydrogen-bond donors (Lipinski definition) is 0. The third-order valence-corrected chi connectivity index (χ3v) is 5.15. The lowest BCUT2D eigenvalue weighted by Crippen LogP contribution is -2.04. The summed E-state index contributed by atoms with van der Waals surface area (Å²) in [5.74, 6) is 0.0243. The molecular weight excluding hydrogens is 316 g/mol. The fraction of sp³-hybridized carbons (Fsp3) is 0.333. The fourth-order valence-corrected chi connectivity index (χ4v) is 3.32. The van der Waals surface area contributed by atoms with Crippen LogP contribution in [0.2, 0.25) is 0 Å². The van der Waals surface area contributed by atoms with Gasteiger partial charge in [-0.25, -0.2) is 8.42 Å². The maximum Gasteiger partial charge on any atom is 0.181 e. The van der Waals surface area contributed by atoms with Crippen molar-refractivity contribution in [3.8, 4) is 0 Å². The predicted octanol–water partition coefficient (Wildman–Crippen LogP) is 5.66. The summed E-state index contributed by atoms with van der Waals surface area (Å²) < 4.78 is 24.4. The van der Waals surface area contributed by atoms with Crippen LogP contribution >= 0.6 is 0 Å². The summed E-state index contributed by atoms with van der Waals surface area (Å²) in [6.45, 7) is 8.25. The van der Waals surface area contributed by atoms with E-state index in [9.17, 15) is 8.42 Å². The summed E-state index contributed by atoms with van der Waals surface area (Å²) >= 11 is 0. The number of benzene rings is 1. The topological polar surface area (TPSA) is 34.1 Å². The monoisotopic (exact) mass is 344 g/mol. The van der Waals surface area contributed by atoms with Crippen LogP contribution in [0.4, 0.5) is 0 Å². The first kappa shape index (κ1) is 20.2. The van der Waals surface area contributed by atoms with Crippen molar-refractivity contribution in [1.82, 2.24) is 0 Å². The molecule has 0 N–H and O–H groups in total. The van der Waals surface area contributed by atoms with Crippen molar-refractivity contribution < 1.29 is 8.42 Å². The molecule has 24 heavy (non-hydrogen) atoms. The SMILES string of the molecule is CC(C)=CCC/C(C)=C/C=C/C(C)=CCS(=O)(=O)c1ccccc1. The molecule has 0 unspecified atom stereocenters. The van der Waals surface area contributed by atoms with Crippen molar-refractivity contribution in [2.45, 2.75) is 45.4 Å². The van der Waals surface area contributed by atoms with Gasteiger partial charge >= 0.3 is 0 Å². The van der Waals surface area contributed by atoms with E-state index >= 15 is 0 Å². The van der Waals surface area contributed by atoms with E-state index < -0.39 is 9.84 Å². The zero-order valence-electron chi connectivity index (χ0n) is 15.1. The summed E-state index contributed by atoms with van der Waals surface area (Å²) in [4.78, 5) is 0.369. The molecule has 0 fully saturated rings. The van der Waals surface area contributed by atoms with Gasteiger partial charge in [-0.2, -0.15) is 0 Å². The van der Waals surface area contributed by atoms with Gasteiger partial charge in [-0.1, -0.05) is 65.3 Å². The van der Waals surface area contributed by atoms with Gasteiger partial charge < -0.3 is 0 Å². The van der Waals surface area contributed by atoms with E-state index in [1.165, 1.54) is 11.1 Å². The normalized spacial score (nSPS) is 13.3. The molecule has 0 aliphatic carbocycles. The number of sulfone groups is 1. The highest BCUT2D eigenvalue weighted by atomic mass is 32.2. The lowest BCUT2D eigenvalue weighted by molar-refractivity contribution is 0.599. The molecule has 1 rings (SSSR count). The standard InChI is InChI=1S/C21H28O2S/c1-18(2)10-8-11-19(3)12-9-13-20(4)16-17-24(22,23)21-14-6-5-7-15-21/h5-7,9-10,12-16H,8,11,17H2,1-4H3/b13-9+,19-12+,20-16?. The fourth-order valence-electron chi connectivity index (χ4n) is 2.07. The Bertz CT molecular complexity index is 729. The molecule has 130 valence electrons. The first-order valence-corrected chi connectivity index (χ1v) is 9.88. The second-order valence-electron chi connectivity index (χ2n) is 6.23. The number of hydrogen-bond acceptors (Lipinski definition) is 2. The van der Waals surface area contributed by atoms with E-state index in [1.54, 1.807) is 30.3 Å². The number of rotatable bonds is 8. The largest absolute Gasteiger partial charge is 0.223 e. The zero-order chi connectivity index (χ0) is 18.0. The van der Waals surface area contributed by atoms with E-state index in [1.807, 2.05) is 25.1 Å². The lowest BCUT2D eigenvalue weighted by atomic mass is 10.1. The maximum absolute atomic E-state index is 12.2. The second kappa shape index (κ2) is 10.1. The lowest BCUT2D eigenvalue weighted by Gasteiger charge is -2.01. The molecule has 0 amide bonds. The van der Waals surface area contributed by atoms with Gasteiger partial charge in [0.15, 0.2) is 9.84 Å². The second-order valence-corrected chi connectivity index (χ2v) is 8.27. The molecular formula is C21H28O2S. The van der Waals surface area contributed by atoms with Gasteiger partial charge in [-0.3, -0.25) is 0 Å². The zero-order valence-corrected chi connectivity index (χ0v) is 15.9. The molecule has 0 aromatic heterocycles. The smallest absolute Gasteiger partial charge is 0.181 e. The molecule has 0 radical (unpaired) electrons. The minimum Gasteiger partial charge on any atom is -0.223 e. The third kappa shape index (κ3) is 8.11. The van der Waals surface area contributed by atoms with Crippen LogP contribution in [0.25, 0.3) is 0 Å². The van der Waals surface area contributed by atoms with Gasteiger partial charge in [0.25, 0.3) is 0 Å². The molecule has 3 heteroatoms. The molecule has 0 saturated carbocycles. The van der Waals surface area contributed by atoms with E-state index in [0.717, 1.165) is 18.4 Å². The van der Waals surface area contributed by atoms with Gasteiger partial charge in [-0.05, 0) is 52.7 Å². The van der Waals surface area contributed by atoms with Crippen molar-refractivity contribution in [2.75, 3.05) is 5.75 Å². The van der Waals surface area contributed by atoms with Crippen molar-refractivity contribution >= 4 is 9.84 Å².